The van der Waals surface area contributed by atoms with E-state index >= 15 is 0 Å². The lowest BCUT2D eigenvalue weighted by molar-refractivity contribution is 0.669. The van der Waals surface area contributed by atoms with Crippen LogP contribution >= 0.6 is 0 Å². The van der Waals surface area contributed by atoms with Crippen molar-refractivity contribution in [1.82, 2.24) is 9.55 Å². The quantitative estimate of drug-likeness (QED) is 0.194. The van der Waals surface area contributed by atoms with E-state index in [2.05, 4.69) is 157 Å². The van der Waals surface area contributed by atoms with Gasteiger partial charge >= 0.3 is 0 Å². The lowest BCUT2D eigenvalue weighted by atomic mass is 9.68. The third-order valence-electron chi connectivity index (χ3n) is 11.1. The van der Waals surface area contributed by atoms with Crippen LogP contribution in [-0.2, 0) is 5.41 Å². The van der Waals surface area contributed by atoms with E-state index in [0.29, 0.717) is 5.92 Å². The van der Waals surface area contributed by atoms with Gasteiger partial charge in [-0.1, -0.05) is 128 Å². The van der Waals surface area contributed by atoms with Crippen molar-refractivity contribution in [3.05, 3.63) is 173 Å². The molecule has 226 valence electrons. The molecular formula is C45H30N2O. The summed E-state index contributed by atoms with van der Waals surface area (Å²) in [7, 11) is 0. The molecule has 0 aliphatic heterocycles. The van der Waals surface area contributed by atoms with Gasteiger partial charge in [0.05, 0.1) is 22.1 Å². The zero-order chi connectivity index (χ0) is 31.6. The zero-order valence-electron chi connectivity index (χ0n) is 26.4. The second-order valence-electron chi connectivity index (χ2n) is 13.5. The Morgan fingerprint density at radius 2 is 1.46 bits per heavy atom. The van der Waals surface area contributed by atoms with E-state index in [-0.39, 0.29) is 0 Å². The molecule has 3 aliphatic carbocycles. The molecule has 0 N–H and O–H groups in total. The number of imidazole rings is 1. The average molecular weight is 615 g/mol. The van der Waals surface area contributed by atoms with E-state index in [1.54, 1.807) is 0 Å². The molecule has 3 aliphatic rings. The standard InChI is InChI=1S/C45H30N2O/c1-27-13-11-19-33-40(27)42-34(20-12-23-38(42)47-37-22-9-8-21-36(37)46-44(47)28-14-3-2-4-15-28)45(33)32-18-7-5-17-31(32)41-35(45)26-25-30-29-16-6-10-24-39(29)48-43(30)41/h2-12,14-27H,13H2,1H3. The maximum Gasteiger partial charge on any atom is 0.145 e. The number of benzene rings is 6. The van der Waals surface area contributed by atoms with Gasteiger partial charge in [0.2, 0.25) is 0 Å². The van der Waals surface area contributed by atoms with E-state index in [9.17, 15) is 0 Å². The molecule has 1 spiro atoms. The second-order valence-corrected chi connectivity index (χ2v) is 13.5. The topological polar surface area (TPSA) is 31.0 Å². The van der Waals surface area contributed by atoms with Gasteiger partial charge in [-0.05, 0) is 70.0 Å². The van der Waals surface area contributed by atoms with Crippen molar-refractivity contribution >= 4 is 38.5 Å². The Morgan fingerprint density at radius 1 is 0.688 bits per heavy atom. The van der Waals surface area contributed by atoms with Crippen LogP contribution in [0.4, 0.5) is 0 Å². The predicted octanol–water partition coefficient (Wildman–Crippen LogP) is 11.3. The molecular weight excluding hydrogens is 585 g/mol. The Labute approximate surface area is 278 Å². The van der Waals surface area contributed by atoms with Crippen LogP contribution in [0.5, 0.6) is 0 Å². The highest BCUT2D eigenvalue weighted by Gasteiger charge is 2.54. The minimum absolute atomic E-state index is 0.352. The number of para-hydroxylation sites is 3. The maximum atomic E-state index is 6.75. The molecule has 11 rings (SSSR count). The van der Waals surface area contributed by atoms with Crippen molar-refractivity contribution in [2.24, 2.45) is 5.92 Å². The fraction of sp³-hybridized carbons (Fsp3) is 0.0889. The molecule has 0 saturated carbocycles. The van der Waals surface area contributed by atoms with Gasteiger partial charge in [0.1, 0.15) is 17.0 Å². The van der Waals surface area contributed by atoms with Crippen LogP contribution < -0.4 is 0 Å². The van der Waals surface area contributed by atoms with Crippen molar-refractivity contribution in [2.75, 3.05) is 0 Å². The first-order chi connectivity index (χ1) is 23.7. The van der Waals surface area contributed by atoms with E-state index in [1.165, 1.54) is 55.6 Å². The van der Waals surface area contributed by atoms with Gasteiger partial charge in [-0.2, -0.15) is 0 Å². The van der Waals surface area contributed by atoms with E-state index in [1.807, 2.05) is 0 Å². The lowest BCUT2D eigenvalue weighted by Crippen LogP contribution is -2.27. The molecule has 2 heterocycles. The van der Waals surface area contributed by atoms with Gasteiger partial charge in [-0.25, -0.2) is 4.98 Å². The van der Waals surface area contributed by atoms with Gasteiger partial charge in [0, 0.05) is 27.5 Å². The summed E-state index contributed by atoms with van der Waals surface area (Å²) in [5.74, 6) is 1.31. The SMILES string of the molecule is CC1CC=CC2=C1c1c(-n3c(-c4ccccc4)nc4ccccc43)cccc1C21c2ccccc2-c2c1ccc1c2oc2ccccc21. The van der Waals surface area contributed by atoms with Crippen molar-refractivity contribution in [2.45, 2.75) is 18.8 Å². The van der Waals surface area contributed by atoms with Gasteiger partial charge in [-0.3, -0.25) is 4.57 Å². The number of fused-ring (bicyclic) bond motifs is 14. The molecule has 0 fully saturated rings. The minimum Gasteiger partial charge on any atom is -0.455 e. The third kappa shape index (κ3) is 3.12. The number of allylic oxidation sites excluding steroid dienone is 4. The van der Waals surface area contributed by atoms with E-state index in [0.717, 1.165) is 45.4 Å². The molecule has 8 aromatic rings. The molecule has 2 unspecified atom stereocenters. The molecule has 0 radical (unpaired) electrons. The molecule has 3 heteroatoms. The highest BCUT2D eigenvalue weighted by atomic mass is 16.3. The largest absolute Gasteiger partial charge is 0.455 e. The molecule has 6 aromatic carbocycles. The smallest absolute Gasteiger partial charge is 0.145 e. The Hall–Kier alpha value is -5.93. The van der Waals surface area contributed by atoms with Crippen LogP contribution in [0.15, 0.2) is 156 Å². The number of rotatable bonds is 2. The zero-order valence-corrected chi connectivity index (χ0v) is 26.4. The fourth-order valence-electron chi connectivity index (χ4n) is 9.21. The summed E-state index contributed by atoms with van der Waals surface area (Å²) >= 11 is 0. The van der Waals surface area contributed by atoms with Gasteiger partial charge in [-0.15, -0.1) is 0 Å². The first-order valence-corrected chi connectivity index (χ1v) is 16.9. The molecule has 0 bridgehead atoms. The van der Waals surface area contributed by atoms with Gasteiger partial charge in [0.15, 0.2) is 0 Å². The van der Waals surface area contributed by atoms with Crippen LogP contribution in [0.3, 0.4) is 0 Å². The Kier molecular flexibility index (Phi) is 5.09. The van der Waals surface area contributed by atoms with Crippen LogP contribution in [-0.4, -0.2) is 9.55 Å². The maximum absolute atomic E-state index is 6.75. The number of aromatic nitrogens is 2. The summed E-state index contributed by atoms with van der Waals surface area (Å²) in [5, 5.41) is 2.33. The summed E-state index contributed by atoms with van der Waals surface area (Å²) in [4.78, 5) is 5.24. The fourth-order valence-corrected chi connectivity index (χ4v) is 9.21. The van der Waals surface area contributed by atoms with Crippen LogP contribution in [0.2, 0.25) is 0 Å². The number of hydrogen-bond donors (Lipinski definition) is 0. The first kappa shape index (κ1) is 26.2. The highest BCUT2D eigenvalue weighted by molar-refractivity contribution is 6.13. The molecule has 0 saturated heterocycles. The summed E-state index contributed by atoms with van der Waals surface area (Å²) in [6.45, 7) is 2.40. The molecule has 48 heavy (non-hydrogen) atoms. The van der Waals surface area contributed by atoms with Crippen molar-refractivity contribution in [1.29, 1.82) is 0 Å². The van der Waals surface area contributed by atoms with Crippen LogP contribution in [0.1, 0.15) is 35.6 Å². The Balaban J connectivity index is 1.29. The minimum atomic E-state index is -0.464. The summed E-state index contributed by atoms with van der Waals surface area (Å²) in [5.41, 5.74) is 16.4. The number of nitrogens with zero attached hydrogens (tertiary/aromatic N) is 2. The first-order valence-electron chi connectivity index (χ1n) is 16.9. The number of hydrogen-bond acceptors (Lipinski definition) is 2. The summed E-state index contributed by atoms with van der Waals surface area (Å²) in [6.07, 6.45) is 5.83. The number of furan rings is 1. The van der Waals surface area contributed by atoms with E-state index < -0.39 is 5.41 Å². The molecule has 0 amide bonds. The third-order valence-corrected chi connectivity index (χ3v) is 11.1. The van der Waals surface area contributed by atoms with Gasteiger partial charge < -0.3 is 4.42 Å². The predicted molar refractivity (Wildman–Crippen MR) is 195 cm³/mol. The normalized spacial score (nSPS) is 19.0. The molecule has 2 aromatic heterocycles. The van der Waals surface area contributed by atoms with Crippen LogP contribution in [0.25, 0.3) is 66.7 Å². The monoisotopic (exact) mass is 614 g/mol. The average Bonchev–Trinajstić information content (AvgIpc) is 3.87. The summed E-state index contributed by atoms with van der Waals surface area (Å²) in [6, 6.07) is 48.2. The Bertz CT molecular complexity index is 2720. The highest BCUT2D eigenvalue weighted by Crippen LogP contribution is 2.66. The van der Waals surface area contributed by atoms with Crippen molar-refractivity contribution in [3.63, 3.8) is 0 Å². The van der Waals surface area contributed by atoms with Crippen molar-refractivity contribution < 1.29 is 4.42 Å². The van der Waals surface area contributed by atoms with Crippen LogP contribution in [0, 0.1) is 5.92 Å². The van der Waals surface area contributed by atoms with Crippen molar-refractivity contribution in [3.8, 4) is 28.2 Å². The Morgan fingerprint density at radius 3 is 2.40 bits per heavy atom. The van der Waals surface area contributed by atoms with E-state index in [4.69, 9.17) is 9.40 Å². The van der Waals surface area contributed by atoms with Gasteiger partial charge in [0.25, 0.3) is 0 Å². The lowest BCUT2D eigenvalue weighted by Gasteiger charge is -2.32. The molecule has 3 nitrogen and oxygen atoms in total. The summed E-state index contributed by atoms with van der Waals surface area (Å²) < 4.78 is 9.15. The molecule has 2 atom stereocenters. The second kappa shape index (κ2) is 9.33.